The van der Waals surface area contributed by atoms with E-state index in [1.165, 1.54) is 0 Å². The maximum absolute atomic E-state index is 11.8. The van der Waals surface area contributed by atoms with E-state index in [2.05, 4.69) is 0 Å². The number of carbonyl (C=O) groups excluding carboxylic acids is 1. The van der Waals surface area contributed by atoms with Crippen LogP contribution in [0.2, 0.25) is 5.02 Å². The van der Waals surface area contributed by atoms with Crippen LogP contribution in [0.4, 0.5) is 0 Å². The van der Waals surface area contributed by atoms with Crippen LogP contribution in [-0.2, 0) is 22.6 Å². The number of fused-ring (bicyclic) bond motifs is 1. The van der Waals surface area contributed by atoms with Gasteiger partial charge in [0, 0.05) is 11.4 Å². The number of halogens is 1. The van der Waals surface area contributed by atoms with Gasteiger partial charge >= 0.3 is 5.97 Å². The normalized spacial score (nSPS) is 12.2. The summed E-state index contributed by atoms with van der Waals surface area (Å²) in [5.41, 5.74) is 1.90. The molecule has 3 rings (SSSR count). The van der Waals surface area contributed by atoms with Crippen molar-refractivity contribution in [2.45, 2.75) is 19.4 Å². The van der Waals surface area contributed by atoms with Gasteiger partial charge in [-0.3, -0.25) is 4.79 Å². The van der Waals surface area contributed by atoms with Crippen molar-refractivity contribution in [3.05, 3.63) is 58.6 Å². The van der Waals surface area contributed by atoms with Crippen LogP contribution in [0.5, 0.6) is 11.5 Å². The molecule has 1 aliphatic heterocycles. The molecule has 0 fully saturated rings. The van der Waals surface area contributed by atoms with Crippen LogP contribution in [-0.4, -0.2) is 12.8 Å². The lowest BCUT2D eigenvalue weighted by Crippen LogP contribution is -2.06. The van der Waals surface area contributed by atoms with Crippen molar-refractivity contribution in [2.24, 2.45) is 0 Å². The average molecular weight is 319 g/mol. The third-order valence-electron chi connectivity index (χ3n) is 3.34. The highest BCUT2D eigenvalue weighted by Gasteiger charge is 2.13. The van der Waals surface area contributed by atoms with Gasteiger partial charge in [0.2, 0.25) is 6.79 Å². The first-order chi connectivity index (χ1) is 10.7. The van der Waals surface area contributed by atoms with Gasteiger partial charge in [-0.15, -0.1) is 0 Å². The number of benzene rings is 2. The fourth-order valence-corrected chi connectivity index (χ4v) is 2.42. The minimum absolute atomic E-state index is 0.227. The fraction of sp³-hybridized carbons (Fsp3) is 0.235. The van der Waals surface area contributed by atoms with Gasteiger partial charge in [-0.2, -0.15) is 0 Å². The van der Waals surface area contributed by atoms with Gasteiger partial charge in [0.25, 0.3) is 0 Å². The van der Waals surface area contributed by atoms with Crippen molar-refractivity contribution in [2.75, 3.05) is 6.79 Å². The molecule has 0 unspecified atom stereocenters. The van der Waals surface area contributed by atoms with Gasteiger partial charge in [-0.1, -0.05) is 29.8 Å². The summed E-state index contributed by atoms with van der Waals surface area (Å²) in [7, 11) is 0. The summed E-state index contributed by atoms with van der Waals surface area (Å²) in [6.45, 7) is 0.462. The Balaban J connectivity index is 1.48. The molecule has 0 radical (unpaired) electrons. The maximum Gasteiger partial charge on any atom is 0.306 e. The van der Waals surface area contributed by atoms with E-state index in [1.807, 2.05) is 42.5 Å². The van der Waals surface area contributed by atoms with E-state index >= 15 is 0 Å². The van der Waals surface area contributed by atoms with Crippen molar-refractivity contribution in [1.82, 2.24) is 0 Å². The Morgan fingerprint density at radius 3 is 2.82 bits per heavy atom. The summed E-state index contributed by atoms with van der Waals surface area (Å²) in [6, 6.07) is 13.0. The van der Waals surface area contributed by atoms with Gasteiger partial charge in [-0.25, -0.2) is 0 Å². The third kappa shape index (κ3) is 3.71. The van der Waals surface area contributed by atoms with E-state index in [0.29, 0.717) is 23.6 Å². The van der Waals surface area contributed by atoms with Crippen LogP contribution in [0, 0.1) is 0 Å². The molecular weight excluding hydrogens is 304 g/mol. The molecule has 4 nitrogen and oxygen atoms in total. The minimum Gasteiger partial charge on any atom is -0.461 e. The van der Waals surface area contributed by atoms with Crippen molar-refractivity contribution in [3.8, 4) is 11.5 Å². The monoisotopic (exact) mass is 318 g/mol. The summed E-state index contributed by atoms with van der Waals surface area (Å²) in [5, 5.41) is 0.672. The Kier molecular flexibility index (Phi) is 4.49. The molecule has 0 atom stereocenters. The Morgan fingerprint density at radius 1 is 1.09 bits per heavy atom. The molecule has 0 bridgehead atoms. The van der Waals surface area contributed by atoms with Crippen molar-refractivity contribution >= 4 is 17.6 Å². The van der Waals surface area contributed by atoms with Crippen LogP contribution < -0.4 is 9.47 Å². The van der Waals surface area contributed by atoms with Crippen molar-refractivity contribution < 1.29 is 19.0 Å². The molecule has 1 aliphatic rings. The van der Waals surface area contributed by atoms with E-state index in [0.717, 1.165) is 16.9 Å². The summed E-state index contributed by atoms with van der Waals surface area (Å²) in [6.07, 6.45) is 0.936. The molecule has 22 heavy (non-hydrogen) atoms. The smallest absolute Gasteiger partial charge is 0.306 e. The van der Waals surface area contributed by atoms with E-state index < -0.39 is 0 Å². The molecule has 0 aromatic heterocycles. The molecule has 0 saturated heterocycles. The van der Waals surface area contributed by atoms with Gasteiger partial charge < -0.3 is 14.2 Å². The molecule has 0 spiro atoms. The number of hydrogen-bond acceptors (Lipinski definition) is 4. The fourth-order valence-electron chi connectivity index (χ4n) is 2.21. The molecular formula is C17H15ClO4. The minimum atomic E-state index is -0.238. The lowest BCUT2D eigenvalue weighted by Gasteiger charge is -2.06. The standard InChI is InChI=1S/C17H15ClO4/c18-14-3-1-2-12(8-14)5-7-17(19)20-10-13-4-6-15-16(9-13)22-11-21-15/h1-4,6,8-9H,5,7,10-11H2. The highest BCUT2D eigenvalue weighted by Crippen LogP contribution is 2.32. The van der Waals surface area contributed by atoms with Crippen LogP contribution >= 0.6 is 11.6 Å². The summed E-state index contributed by atoms with van der Waals surface area (Å²) >= 11 is 5.91. The van der Waals surface area contributed by atoms with Gasteiger partial charge in [0.05, 0.1) is 0 Å². The number of esters is 1. The number of carbonyl (C=O) groups is 1. The molecule has 2 aromatic rings. The average Bonchev–Trinajstić information content (AvgIpc) is 2.98. The Hall–Kier alpha value is -2.20. The van der Waals surface area contributed by atoms with E-state index in [9.17, 15) is 4.79 Å². The third-order valence-corrected chi connectivity index (χ3v) is 3.58. The zero-order valence-corrected chi connectivity index (χ0v) is 12.6. The van der Waals surface area contributed by atoms with Gasteiger partial charge in [0.15, 0.2) is 11.5 Å². The van der Waals surface area contributed by atoms with Crippen LogP contribution in [0.1, 0.15) is 17.5 Å². The second kappa shape index (κ2) is 6.71. The van der Waals surface area contributed by atoms with Crippen molar-refractivity contribution in [3.63, 3.8) is 0 Å². The predicted molar refractivity (Wildman–Crippen MR) is 82.1 cm³/mol. The second-order valence-corrected chi connectivity index (χ2v) is 5.41. The SMILES string of the molecule is O=C(CCc1cccc(Cl)c1)OCc1ccc2c(c1)OCO2. The highest BCUT2D eigenvalue weighted by atomic mass is 35.5. The van der Waals surface area contributed by atoms with E-state index in [1.54, 1.807) is 0 Å². The van der Waals surface area contributed by atoms with Gasteiger partial charge in [-0.05, 0) is 41.8 Å². The Morgan fingerprint density at radius 2 is 1.95 bits per heavy atom. The maximum atomic E-state index is 11.8. The summed E-state index contributed by atoms with van der Waals surface area (Å²) < 4.78 is 15.8. The number of ether oxygens (including phenoxy) is 3. The van der Waals surface area contributed by atoms with Crippen molar-refractivity contribution in [1.29, 1.82) is 0 Å². The Labute approximate surface area is 133 Å². The molecule has 0 amide bonds. The molecule has 0 saturated carbocycles. The first-order valence-electron chi connectivity index (χ1n) is 6.99. The van der Waals surface area contributed by atoms with Crippen LogP contribution in [0.3, 0.4) is 0 Å². The second-order valence-electron chi connectivity index (χ2n) is 4.98. The molecule has 114 valence electrons. The first kappa shape index (κ1) is 14.7. The lowest BCUT2D eigenvalue weighted by atomic mass is 10.1. The van der Waals surface area contributed by atoms with Crippen LogP contribution in [0.15, 0.2) is 42.5 Å². The summed E-state index contributed by atoms with van der Waals surface area (Å²) in [4.78, 5) is 11.8. The number of rotatable bonds is 5. The number of aryl methyl sites for hydroxylation is 1. The number of hydrogen-bond donors (Lipinski definition) is 0. The zero-order valence-electron chi connectivity index (χ0n) is 11.9. The highest BCUT2D eigenvalue weighted by molar-refractivity contribution is 6.30. The molecule has 0 N–H and O–H groups in total. The zero-order chi connectivity index (χ0) is 15.4. The van der Waals surface area contributed by atoms with E-state index in [4.69, 9.17) is 25.8 Å². The van der Waals surface area contributed by atoms with Crippen LogP contribution in [0.25, 0.3) is 0 Å². The van der Waals surface area contributed by atoms with E-state index in [-0.39, 0.29) is 19.4 Å². The predicted octanol–water partition coefficient (Wildman–Crippen LogP) is 3.74. The largest absolute Gasteiger partial charge is 0.461 e. The molecule has 2 aromatic carbocycles. The first-order valence-corrected chi connectivity index (χ1v) is 7.37. The lowest BCUT2D eigenvalue weighted by molar-refractivity contribution is -0.144. The Bertz CT molecular complexity index is 684. The topological polar surface area (TPSA) is 44.8 Å². The van der Waals surface area contributed by atoms with Gasteiger partial charge in [0.1, 0.15) is 6.61 Å². The molecule has 0 aliphatic carbocycles. The summed E-state index contributed by atoms with van der Waals surface area (Å²) in [5.74, 6) is 1.17. The molecule has 5 heteroatoms. The molecule has 1 heterocycles. The quantitative estimate of drug-likeness (QED) is 0.788.